The summed E-state index contributed by atoms with van der Waals surface area (Å²) < 4.78 is 29.9. The number of pyridine rings is 1. The lowest BCUT2D eigenvalue weighted by atomic mass is 10.2. The van der Waals surface area contributed by atoms with Crippen LogP contribution in [0.15, 0.2) is 29.6 Å². The summed E-state index contributed by atoms with van der Waals surface area (Å²) in [5, 5.41) is -0.143. The van der Waals surface area contributed by atoms with Crippen molar-refractivity contribution in [3.63, 3.8) is 0 Å². The molecule has 0 aliphatic carbocycles. The lowest BCUT2D eigenvalue weighted by Crippen LogP contribution is -2.07. The van der Waals surface area contributed by atoms with E-state index in [4.69, 9.17) is 15.4 Å². The molecular weight excluding hydrogens is 314 g/mol. The highest BCUT2D eigenvalue weighted by Crippen LogP contribution is 2.23. The Labute approximate surface area is 128 Å². The minimum absolute atomic E-state index is 0.0554. The molecule has 0 fully saturated rings. The monoisotopic (exact) mass is 329 g/mol. The van der Waals surface area contributed by atoms with E-state index in [2.05, 4.69) is 9.97 Å². The van der Waals surface area contributed by atoms with E-state index < -0.39 is 9.05 Å². The third-order valence-corrected chi connectivity index (χ3v) is 4.11. The fraction of sp³-hybridized carbons (Fsp3) is 0.385. The Morgan fingerprint density at radius 1 is 1.43 bits per heavy atom. The van der Waals surface area contributed by atoms with Gasteiger partial charge in [0.1, 0.15) is 5.82 Å². The van der Waals surface area contributed by atoms with Crippen molar-refractivity contribution in [2.75, 3.05) is 7.11 Å². The zero-order valence-corrected chi connectivity index (χ0v) is 13.5. The van der Waals surface area contributed by atoms with E-state index in [9.17, 15) is 8.42 Å². The highest BCUT2D eigenvalue weighted by Gasteiger charge is 2.20. The van der Waals surface area contributed by atoms with E-state index in [1.807, 2.05) is 19.9 Å². The molecule has 8 heteroatoms. The van der Waals surface area contributed by atoms with E-state index in [-0.39, 0.29) is 10.9 Å². The molecular formula is C13H16ClN3O3S. The Balaban J connectivity index is 2.46. The Morgan fingerprint density at radius 3 is 2.71 bits per heavy atom. The largest absolute Gasteiger partial charge is 0.481 e. The second-order valence-corrected chi connectivity index (χ2v) is 7.34. The Hall–Kier alpha value is -1.60. The fourth-order valence-corrected chi connectivity index (χ4v) is 2.70. The van der Waals surface area contributed by atoms with E-state index in [0.29, 0.717) is 18.2 Å². The zero-order chi connectivity index (χ0) is 15.6. The van der Waals surface area contributed by atoms with Crippen molar-refractivity contribution in [2.24, 2.45) is 0 Å². The predicted octanol–water partition coefficient (Wildman–Crippen LogP) is 2.39. The van der Waals surface area contributed by atoms with Crippen molar-refractivity contribution in [3.8, 4) is 5.88 Å². The summed E-state index contributed by atoms with van der Waals surface area (Å²) in [6.45, 7) is 4.28. The highest BCUT2D eigenvalue weighted by atomic mass is 35.7. The van der Waals surface area contributed by atoms with Gasteiger partial charge in [0.2, 0.25) is 5.88 Å². The molecule has 0 N–H and O–H groups in total. The number of nitrogens with zero attached hydrogens (tertiary/aromatic N) is 3. The number of hydrogen-bond acceptors (Lipinski definition) is 5. The second kappa shape index (κ2) is 6.03. The molecule has 0 spiro atoms. The Bertz CT molecular complexity index is 741. The average Bonchev–Trinajstić information content (AvgIpc) is 2.83. The van der Waals surface area contributed by atoms with Crippen molar-refractivity contribution in [1.82, 2.24) is 14.5 Å². The number of imidazole rings is 1. The first-order valence-corrected chi connectivity index (χ1v) is 8.63. The summed E-state index contributed by atoms with van der Waals surface area (Å²) in [4.78, 5) is 8.24. The van der Waals surface area contributed by atoms with Gasteiger partial charge in [0.25, 0.3) is 9.05 Å². The van der Waals surface area contributed by atoms with Gasteiger partial charge in [-0.2, -0.15) is 0 Å². The summed E-state index contributed by atoms with van der Waals surface area (Å²) in [7, 11) is 3.06. The maximum Gasteiger partial charge on any atom is 0.280 e. The van der Waals surface area contributed by atoms with Gasteiger partial charge in [-0.3, -0.25) is 0 Å². The van der Waals surface area contributed by atoms with Crippen LogP contribution in [-0.4, -0.2) is 30.1 Å². The summed E-state index contributed by atoms with van der Waals surface area (Å²) in [5.74, 6) is 1.19. The van der Waals surface area contributed by atoms with Crippen LogP contribution in [0.3, 0.4) is 0 Å². The molecule has 2 aromatic heterocycles. The number of ether oxygens (including phenoxy) is 1. The van der Waals surface area contributed by atoms with Crippen LogP contribution < -0.4 is 4.74 Å². The van der Waals surface area contributed by atoms with E-state index >= 15 is 0 Å². The lowest BCUT2D eigenvalue weighted by Gasteiger charge is -2.11. The standard InChI is InChI=1S/C13H16ClN3O3S/c1-9(2)12-16-11(21(14,18)19)8-17(12)7-10-5-4-6-15-13(10)20-3/h4-6,8-9H,7H2,1-3H3. The smallest absolute Gasteiger partial charge is 0.280 e. The van der Waals surface area contributed by atoms with Crippen LogP contribution in [0.25, 0.3) is 0 Å². The van der Waals surface area contributed by atoms with Gasteiger partial charge in [0, 0.05) is 34.6 Å². The third kappa shape index (κ3) is 3.54. The number of rotatable bonds is 5. The molecule has 0 saturated heterocycles. The first-order chi connectivity index (χ1) is 9.82. The van der Waals surface area contributed by atoms with Crippen LogP contribution in [0.5, 0.6) is 5.88 Å². The second-order valence-electron chi connectivity index (χ2n) is 4.83. The summed E-state index contributed by atoms with van der Waals surface area (Å²) in [6.07, 6.45) is 3.07. The SMILES string of the molecule is COc1ncccc1Cn1cc(S(=O)(=O)Cl)nc1C(C)C. The third-order valence-electron chi connectivity index (χ3n) is 2.94. The van der Waals surface area contributed by atoms with Gasteiger partial charge in [-0.1, -0.05) is 19.9 Å². The molecule has 0 bridgehead atoms. The first-order valence-electron chi connectivity index (χ1n) is 6.32. The quantitative estimate of drug-likeness (QED) is 0.787. The minimum atomic E-state index is -3.85. The van der Waals surface area contributed by atoms with Crippen LogP contribution in [-0.2, 0) is 15.6 Å². The number of methoxy groups -OCH3 is 1. The maximum atomic E-state index is 11.4. The summed E-state index contributed by atoms with van der Waals surface area (Å²) in [6, 6.07) is 3.66. The van der Waals surface area contributed by atoms with E-state index in [0.717, 1.165) is 5.56 Å². The van der Waals surface area contributed by atoms with E-state index in [1.165, 1.54) is 13.3 Å². The van der Waals surface area contributed by atoms with Crippen molar-refractivity contribution in [3.05, 3.63) is 35.9 Å². The Kier molecular flexibility index (Phi) is 4.53. The van der Waals surface area contributed by atoms with Crippen molar-refractivity contribution in [1.29, 1.82) is 0 Å². The van der Waals surface area contributed by atoms with Gasteiger partial charge < -0.3 is 9.30 Å². The number of halogens is 1. The Morgan fingerprint density at radius 2 is 2.14 bits per heavy atom. The number of hydrogen-bond donors (Lipinski definition) is 0. The molecule has 0 amide bonds. The fourth-order valence-electron chi connectivity index (χ4n) is 2.02. The van der Waals surface area contributed by atoms with Gasteiger partial charge in [-0.25, -0.2) is 18.4 Å². The van der Waals surface area contributed by atoms with Gasteiger partial charge in [-0.05, 0) is 6.07 Å². The van der Waals surface area contributed by atoms with Gasteiger partial charge in [-0.15, -0.1) is 0 Å². The summed E-state index contributed by atoms with van der Waals surface area (Å²) in [5.41, 5.74) is 0.831. The molecule has 2 heterocycles. The average molecular weight is 330 g/mol. The number of aromatic nitrogens is 3. The zero-order valence-electron chi connectivity index (χ0n) is 11.9. The molecule has 6 nitrogen and oxygen atoms in total. The molecule has 0 aliphatic heterocycles. The van der Waals surface area contributed by atoms with Crippen LogP contribution in [0.4, 0.5) is 0 Å². The lowest BCUT2D eigenvalue weighted by molar-refractivity contribution is 0.391. The highest BCUT2D eigenvalue weighted by molar-refractivity contribution is 8.13. The van der Waals surface area contributed by atoms with Crippen LogP contribution in [0.2, 0.25) is 0 Å². The molecule has 0 saturated carbocycles. The van der Waals surface area contributed by atoms with Crippen molar-refractivity contribution < 1.29 is 13.2 Å². The van der Waals surface area contributed by atoms with Gasteiger partial charge >= 0.3 is 0 Å². The topological polar surface area (TPSA) is 74.1 Å². The van der Waals surface area contributed by atoms with Gasteiger partial charge in [0.15, 0.2) is 5.03 Å². The molecule has 0 aromatic carbocycles. The molecule has 0 aliphatic rings. The molecule has 2 aromatic rings. The molecule has 0 radical (unpaired) electrons. The van der Waals surface area contributed by atoms with Crippen molar-refractivity contribution >= 4 is 19.7 Å². The molecule has 21 heavy (non-hydrogen) atoms. The van der Waals surface area contributed by atoms with Gasteiger partial charge in [0.05, 0.1) is 13.7 Å². The molecule has 0 unspecified atom stereocenters. The molecule has 114 valence electrons. The van der Waals surface area contributed by atoms with E-state index in [1.54, 1.807) is 16.8 Å². The first kappa shape index (κ1) is 15.8. The normalized spacial score (nSPS) is 11.9. The predicted molar refractivity (Wildman–Crippen MR) is 79.2 cm³/mol. The van der Waals surface area contributed by atoms with Crippen LogP contribution in [0.1, 0.15) is 31.2 Å². The molecule has 0 atom stereocenters. The molecule has 2 rings (SSSR count). The summed E-state index contributed by atoms with van der Waals surface area (Å²) >= 11 is 0. The minimum Gasteiger partial charge on any atom is -0.481 e. The van der Waals surface area contributed by atoms with Crippen LogP contribution >= 0.6 is 10.7 Å². The van der Waals surface area contributed by atoms with Crippen molar-refractivity contribution in [2.45, 2.75) is 31.3 Å². The van der Waals surface area contributed by atoms with Crippen LogP contribution in [0, 0.1) is 0 Å². The maximum absolute atomic E-state index is 11.4.